The summed E-state index contributed by atoms with van der Waals surface area (Å²) in [6, 6.07) is 8.15. The van der Waals surface area contributed by atoms with E-state index in [-0.39, 0.29) is 17.1 Å². The van der Waals surface area contributed by atoms with Gasteiger partial charge in [0.05, 0.1) is 18.2 Å². The molecule has 0 unspecified atom stereocenters. The zero-order valence-corrected chi connectivity index (χ0v) is 17.0. The van der Waals surface area contributed by atoms with Gasteiger partial charge >= 0.3 is 0 Å². The molecule has 1 aliphatic rings. The summed E-state index contributed by atoms with van der Waals surface area (Å²) in [7, 11) is 1.44. The van der Waals surface area contributed by atoms with Gasteiger partial charge < -0.3 is 15.4 Å². The Hall–Kier alpha value is -1.99. The van der Waals surface area contributed by atoms with Gasteiger partial charge in [0.15, 0.2) is 5.78 Å². The van der Waals surface area contributed by atoms with Crippen molar-refractivity contribution in [2.75, 3.05) is 25.5 Å². The lowest BCUT2D eigenvalue weighted by Gasteiger charge is -2.39. The Balaban J connectivity index is 1.91. The van der Waals surface area contributed by atoms with Crippen LogP contribution in [-0.2, 0) is 0 Å². The molecule has 1 aromatic carbocycles. The number of ketones is 1. The third-order valence-corrected chi connectivity index (χ3v) is 5.48. The summed E-state index contributed by atoms with van der Waals surface area (Å²) >= 11 is 3.36. The number of benzene rings is 1. The number of Topliss-reactive ketones (excluding diaryl/α,β-unsaturated/α-hetero) is 1. The highest BCUT2D eigenvalue weighted by atomic mass is 79.9. The normalized spacial score (nSPS) is 22.3. The van der Waals surface area contributed by atoms with Crippen LogP contribution in [0.15, 0.2) is 41.0 Å². The van der Waals surface area contributed by atoms with Gasteiger partial charge in [-0.3, -0.25) is 4.79 Å². The third-order valence-electron chi connectivity index (χ3n) is 5.01. The Bertz CT molecular complexity index is 805. The summed E-state index contributed by atoms with van der Waals surface area (Å²) in [4.78, 5) is 17.8. The summed E-state index contributed by atoms with van der Waals surface area (Å²) in [5.74, 6) is 0.502. The fourth-order valence-corrected chi connectivity index (χ4v) is 3.57. The van der Waals surface area contributed by atoms with Crippen molar-refractivity contribution in [3.05, 3.63) is 52.4 Å². The van der Waals surface area contributed by atoms with Crippen molar-refractivity contribution in [1.82, 2.24) is 10.3 Å². The molecule has 7 heteroatoms. The number of anilines is 1. The Morgan fingerprint density at radius 2 is 2.26 bits per heavy atom. The lowest BCUT2D eigenvalue weighted by molar-refractivity contribution is 0.0799. The molecule has 0 amide bonds. The minimum atomic E-state index is -0.920. The number of pyridine rings is 1. The van der Waals surface area contributed by atoms with E-state index in [2.05, 4.69) is 38.5 Å². The zero-order valence-electron chi connectivity index (χ0n) is 15.4. The van der Waals surface area contributed by atoms with Crippen molar-refractivity contribution in [1.29, 1.82) is 0 Å². The number of methoxy groups -OCH3 is 1. The molecule has 2 heterocycles. The first-order valence-electron chi connectivity index (χ1n) is 8.93. The van der Waals surface area contributed by atoms with Gasteiger partial charge in [-0.05, 0) is 65.5 Å². The van der Waals surface area contributed by atoms with E-state index >= 15 is 0 Å². The molecule has 2 aromatic rings. The van der Waals surface area contributed by atoms with Crippen molar-refractivity contribution in [2.45, 2.75) is 25.3 Å². The summed E-state index contributed by atoms with van der Waals surface area (Å²) in [6.45, 7) is 3.14. The molecule has 3 rings (SSSR count). The Morgan fingerprint density at radius 3 is 2.89 bits per heavy atom. The minimum absolute atomic E-state index is 0.00683. The van der Waals surface area contributed by atoms with E-state index in [0.29, 0.717) is 31.2 Å². The van der Waals surface area contributed by atoms with Crippen LogP contribution in [0.1, 0.15) is 30.1 Å². The average Bonchev–Trinajstić information content (AvgIpc) is 2.68. The van der Waals surface area contributed by atoms with Crippen molar-refractivity contribution in [3.8, 4) is 5.75 Å². The van der Waals surface area contributed by atoms with E-state index in [4.69, 9.17) is 4.74 Å². The SMILES string of the molecule is COc1cccc(F)c1C(=O)[C@@]1(CNc2ccc(Br)cn2)CC[C@H](C)CN1. The lowest BCUT2D eigenvalue weighted by Crippen LogP contribution is -2.60. The molecule has 2 N–H and O–H groups in total. The predicted molar refractivity (Wildman–Crippen MR) is 107 cm³/mol. The molecule has 0 spiro atoms. The highest BCUT2D eigenvalue weighted by molar-refractivity contribution is 9.10. The number of halogens is 2. The highest BCUT2D eigenvalue weighted by Crippen LogP contribution is 2.32. The van der Waals surface area contributed by atoms with E-state index in [1.807, 2.05) is 12.1 Å². The van der Waals surface area contributed by atoms with Gasteiger partial charge in [-0.25, -0.2) is 9.37 Å². The number of carbonyl (C=O) groups excluding carboxylic acids is 1. The number of aromatic nitrogens is 1. The molecule has 0 radical (unpaired) electrons. The number of hydrogen-bond acceptors (Lipinski definition) is 5. The van der Waals surface area contributed by atoms with Crippen LogP contribution in [0.3, 0.4) is 0 Å². The van der Waals surface area contributed by atoms with Crippen molar-refractivity contribution < 1.29 is 13.9 Å². The smallest absolute Gasteiger partial charge is 0.191 e. The first-order chi connectivity index (χ1) is 12.9. The van der Waals surface area contributed by atoms with Crippen LogP contribution < -0.4 is 15.4 Å². The molecule has 1 saturated heterocycles. The molecule has 1 fully saturated rings. The van der Waals surface area contributed by atoms with E-state index in [0.717, 1.165) is 10.9 Å². The Kier molecular flexibility index (Phi) is 6.11. The van der Waals surface area contributed by atoms with Gasteiger partial charge in [-0.1, -0.05) is 13.0 Å². The van der Waals surface area contributed by atoms with Crippen LogP contribution in [0, 0.1) is 11.7 Å². The summed E-state index contributed by atoms with van der Waals surface area (Å²) in [5, 5.41) is 6.60. The van der Waals surface area contributed by atoms with Crippen molar-refractivity contribution in [2.24, 2.45) is 5.92 Å². The number of nitrogens with one attached hydrogen (secondary N) is 2. The average molecular weight is 436 g/mol. The van der Waals surface area contributed by atoms with E-state index in [1.165, 1.54) is 19.2 Å². The maximum atomic E-state index is 14.5. The maximum Gasteiger partial charge on any atom is 0.191 e. The monoisotopic (exact) mass is 435 g/mol. The molecule has 5 nitrogen and oxygen atoms in total. The van der Waals surface area contributed by atoms with E-state index < -0.39 is 11.4 Å². The van der Waals surface area contributed by atoms with Gasteiger partial charge in [0.25, 0.3) is 0 Å². The Morgan fingerprint density at radius 1 is 1.44 bits per heavy atom. The number of nitrogens with zero attached hydrogens (tertiary/aromatic N) is 1. The van der Waals surface area contributed by atoms with Crippen molar-refractivity contribution >= 4 is 27.5 Å². The number of carbonyl (C=O) groups is 1. The fraction of sp³-hybridized carbons (Fsp3) is 0.400. The zero-order chi connectivity index (χ0) is 19.4. The van der Waals surface area contributed by atoms with E-state index in [1.54, 1.807) is 12.3 Å². The number of hydrogen-bond donors (Lipinski definition) is 2. The second-order valence-corrected chi connectivity index (χ2v) is 7.88. The maximum absolute atomic E-state index is 14.5. The molecular weight excluding hydrogens is 413 g/mol. The second-order valence-electron chi connectivity index (χ2n) is 6.97. The molecule has 144 valence electrons. The molecule has 2 atom stereocenters. The van der Waals surface area contributed by atoms with Crippen LogP contribution >= 0.6 is 15.9 Å². The number of piperidine rings is 1. The summed E-state index contributed by atoms with van der Waals surface area (Å²) in [5.41, 5.74) is -0.927. The third kappa shape index (κ3) is 4.30. The van der Waals surface area contributed by atoms with Crippen molar-refractivity contribution in [3.63, 3.8) is 0 Å². The van der Waals surface area contributed by atoms with Gasteiger partial charge in [0.1, 0.15) is 17.4 Å². The van der Waals surface area contributed by atoms with Crippen LogP contribution in [-0.4, -0.2) is 36.5 Å². The molecule has 0 aliphatic carbocycles. The molecular formula is C20H23BrFN3O2. The predicted octanol–water partition coefficient (Wildman–Crippen LogP) is 4.04. The molecule has 1 aromatic heterocycles. The summed E-state index contributed by atoms with van der Waals surface area (Å²) < 4.78 is 20.7. The van der Waals surface area contributed by atoms with Crippen LogP contribution in [0.2, 0.25) is 0 Å². The first-order valence-corrected chi connectivity index (χ1v) is 9.72. The standard InChI is InChI=1S/C20H23BrFN3O2/c1-13-8-9-20(25-10-13,12-24-17-7-6-14(21)11-23-17)19(26)18-15(22)4-3-5-16(18)27-2/h3-7,11,13,25H,8-10,12H2,1-2H3,(H,23,24)/t13-,20-/m0/s1. The minimum Gasteiger partial charge on any atom is -0.496 e. The van der Waals surface area contributed by atoms with Crippen LogP contribution in [0.5, 0.6) is 5.75 Å². The van der Waals surface area contributed by atoms with Crippen LogP contribution in [0.4, 0.5) is 10.2 Å². The summed E-state index contributed by atoms with van der Waals surface area (Å²) in [6.07, 6.45) is 3.17. The van der Waals surface area contributed by atoms with Gasteiger partial charge in [0, 0.05) is 17.2 Å². The molecule has 0 saturated carbocycles. The molecule has 0 bridgehead atoms. The largest absolute Gasteiger partial charge is 0.496 e. The van der Waals surface area contributed by atoms with Gasteiger partial charge in [-0.2, -0.15) is 0 Å². The molecule has 27 heavy (non-hydrogen) atoms. The van der Waals surface area contributed by atoms with Gasteiger partial charge in [-0.15, -0.1) is 0 Å². The highest BCUT2D eigenvalue weighted by Gasteiger charge is 2.43. The number of ether oxygens (including phenoxy) is 1. The quantitative estimate of drug-likeness (QED) is 0.670. The number of rotatable bonds is 6. The topological polar surface area (TPSA) is 63.2 Å². The fourth-order valence-electron chi connectivity index (χ4n) is 3.33. The van der Waals surface area contributed by atoms with E-state index in [9.17, 15) is 9.18 Å². The second kappa shape index (κ2) is 8.35. The van der Waals surface area contributed by atoms with Gasteiger partial charge in [0.2, 0.25) is 0 Å². The molecule has 1 aliphatic heterocycles. The lowest BCUT2D eigenvalue weighted by atomic mass is 9.79. The van der Waals surface area contributed by atoms with Crippen LogP contribution in [0.25, 0.3) is 0 Å². The Labute approximate surface area is 166 Å². The first kappa shape index (κ1) is 19.8.